The molecule has 3 rings (SSSR count). The van der Waals surface area contributed by atoms with Crippen LogP contribution in [-0.4, -0.2) is 84.4 Å². The lowest BCUT2D eigenvalue weighted by molar-refractivity contribution is -0.144. The van der Waals surface area contributed by atoms with Crippen LogP contribution in [0.4, 0.5) is 0 Å². The molecule has 3 amide bonds. The van der Waals surface area contributed by atoms with Crippen LogP contribution in [0.15, 0.2) is 29.8 Å². The first-order valence-corrected chi connectivity index (χ1v) is 14.0. The molecule has 0 saturated carbocycles. The van der Waals surface area contributed by atoms with Gasteiger partial charge in [-0.15, -0.1) is 11.3 Å². The summed E-state index contributed by atoms with van der Waals surface area (Å²) in [4.78, 5) is 46.2. The summed E-state index contributed by atoms with van der Waals surface area (Å²) in [6.07, 6.45) is -0.589. The molecule has 1 saturated heterocycles. The number of carbonyl (C=O) groups excluding carboxylic acids is 3. The molecular formula is C28H40N4O6S. The van der Waals surface area contributed by atoms with E-state index in [2.05, 4.69) is 15.6 Å². The predicted octanol–water partition coefficient (Wildman–Crippen LogP) is 2.28. The summed E-state index contributed by atoms with van der Waals surface area (Å²) in [6, 6.07) is 6.20. The van der Waals surface area contributed by atoms with E-state index in [0.29, 0.717) is 13.2 Å². The predicted molar refractivity (Wildman–Crippen MR) is 149 cm³/mol. The molecule has 3 N–H and O–H groups in total. The molecule has 0 radical (unpaired) electrons. The number of benzene rings is 1. The van der Waals surface area contributed by atoms with Crippen LogP contribution < -0.4 is 10.6 Å². The molecule has 0 spiro atoms. The first kappa shape index (κ1) is 30.7. The van der Waals surface area contributed by atoms with E-state index >= 15 is 0 Å². The van der Waals surface area contributed by atoms with Gasteiger partial charge in [-0.3, -0.25) is 14.4 Å². The number of aromatic nitrogens is 1. The number of β-amino-alcohol motifs (C(OH)–C–C–N with tert-alkyl or cyclic N) is 1. The highest BCUT2D eigenvalue weighted by atomic mass is 32.1. The summed E-state index contributed by atoms with van der Waals surface area (Å²) in [6.45, 7) is 8.86. The number of rotatable bonds is 12. The Morgan fingerprint density at radius 3 is 2.51 bits per heavy atom. The second kappa shape index (κ2) is 14.0. The van der Waals surface area contributed by atoms with Crippen LogP contribution in [0.1, 0.15) is 44.9 Å². The van der Waals surface area contributed by atoms with Gasteiger partial charge in [0.05, 0.1) is 42.0 Å². The van der Waals surface area contributed by atoms with E-state index in [1.165, 1.54) is 4.90 Å². The number of ether oxygens (including phenoxy) is 2. The van der Waals surface area contributed by atoms with E-state index in [1.54, 1.807) is 18.4 Å². The Morgan fingerprint density at radius 2 is 1.90 bits per heavy atom. The third-order valence-corrected chi connectivity index (χ3v) is 7.59. The molecule has 39 heavy (non-hydrogen) atoms. The summed E-state index contributed by atoms with van der Waals surface area (Å²) in [5.74, 6) is -1.05. The smallest absolute Gasteiger partial charge is 0.246 e. The fraction of sp³-hybridized carbons (Fsp3) is 0.571. The van der Waals surface area contributed by atoms with E-state index in [1.807, 2.05) is 57.5 Å². The maximum atomic E-state index is 13.6. The van der Waals surface area contributed by atoms with Crippen molar-refractivity contribution in [3.8, 4) is 10.4 Å². The maximum absolute atomic E-state index is 13.6. The highest BCUT2D eigenvalue weighted by molar-refractivity contribution is 7.13. The summed E-state index contributed by atoms with van der Waals surface area (Å²) in [7, 11) is 1.57. The van der Waals surface area contributed by atoms with Crippen molar-refractivity contribution in [2.24, 2.45) is 5.41 Å². The standard InChI is InChI=1S/C28H40N4O6S/c1-18-24(39-17-30-18)20-8-6-19(7-9-20)15-29-26(35)22-14-21(33)16-32(22)27(36)25(28(2,3)4)31-23(34)10-11-38-13-12-37-5/h6-9,17,21-22,25,33H,10-16H2,1-5H3,(H,29,35)(H,31,34)/t21-,22+,25-/m1/s1. The van der Waals surface area contributed by atoms with E-state index in [9.17, 15) is 19.5 Å². The third kappa shape index (κ3) is 8.56. The quantitative estimate of drug-likeness (QED) is 0.340. The number of thiazole rings is 1. The zero-order valence-electron chi connectivity index (χ0n) is 23.4. The number of hydrogen-bond donors (Lipinski definition) is 3. The highest BCUT2D eigenvalue weighted by Gasteiger charge is 2.44. The molecule has 1 aromatic carbocycles. The zero-order valence-corrected chi connectivity index (χ0v) is 24.2. The first-order chi connectivity index (χ1) is 18.5. The van der Waals surface area contributed by atoms with Gasteiger partial charge in [0.15, 0.2) is 0 Å². The van der Waals surface area contributed by atoms with Gasteiger partial charge in [-0.05, 0) is 23.5 Å². The number of carbonyl (C=O) groups is 3. The summed E-state index contributed by atoms with van der Waals surface area (Å²) < 4.78 is 10.3. The number of amides is 3. The molecule has 11 heteroatoms. The lowest BCUT2D eigenvalue weighted by atomic mass is 9.85. The minimum absolute atomic E-state index is 0.0302. The summed E-state index contributed by atoms with van der Waals surface area (Å²) in [5.41, 5.74) is 4.16. The fourth-order valence-electron chi connectivity index (χ4n) is 4.42. The molecule has 1 aliphatic heterocycles. The average molecular weight is 561 g/mol. The van der Waals surface area contributed by atoms with Crippen LogP contribution in [0, 0.1) is 12.3 Å². The van der Waals surface area contributed by atoms with E-state index in [4.69, 9.17) is 9.47 Å². The van der Waals surface area contributed by atoms with Gasteiger partial charge in [0.2, 0.25) is 17.7 Å². The number of aryl methyl sites for hydroxylation is 1. The fourth-order valence-corrected chi connectivity index (χ4v) is 5.23. The molecule has 3 atom stereocenters. The number of nitrogens with one attached hydrogen (secondary N) is 2. The molecule has 1 aliphatic rings. The molecule has 10 nitrogen and oxygen atoms in total. The summed E-state index contributed by atoms with van der Waals surface area (Å²) >= 11 is 1.58. The molecule has 0 aliphatic carbocycles. The molecule has 214 valence electrons. The Hall–Kier alpha value is -2.86. The SMILES string of the molecule is COCCOCCC(=O)N[C@H](C(=O)N1C[C@H](O)C[C@H]1C(=O)NCc1ccc(-c2scnc2C)cc1)C(C)(C)C. The Kier molecular flexibility index (Phi) is 11.0. The van der Waals surface area contributed by atoms with Gasteiger partial charge in [0.25, 0.3) is 0 Å². The van der Waals surface area contributed by atoms with Crippen molar-refractivity contribution in [3.63, 3.8) is 0 Å². The summed E-state index contributed by atoms with van der Waals surface area (Å²) in [5, 5.41) is 16.1. The van der Waals surface area contributed by atoms with Crippen LogP contribution in [0.3, 0.4) is 0 Å². The molecule has 2 aromatic rings. The molecular weight excluding hydrogens is 520 g/mol. The van der Waals surface area contributed by atoms with Crippen molar-refractivity contribution >= 4 is 29.1 Å². The Balaban J connectivity index is 1.61. The topological polar surface area (TPSA) is 130 Å². The molecule has 2 heterocycles. The number of hydrogen-bond acceptors (Lipinski definition) is 8. The number of likely N-dealkylation sites (tertiary alicyclic amines) is 1. The van der Waals surface area contributed by atoms with Gasteiger partial charge in [-0.25, -0.2) is 4.98 Å². The van der Waals surface area contributed by atoms with E-state index in [-0.39, 0.29) is 44.4 Å². The normalized spacial score (nSPS) is 18.2. The maximum Gasteiger partial charge on any atom is 0.246 e. The van der Waals surface area contributed by atoms with Crippen molar-refractivity contribution in [2.75, 3.05) is 33.5 Å². The minimum atomic E-state index is -0.868. The number of methoxy groups -OCH3 is 1. The van der Waals surface area contributed by atoms with Crippen LogP contribution >= 0.6 is 11.3 Å². The Labute approximate surface area is 234 Å². The van der Waals surface area contributed by atoms with Crippen LogP contribution in [-0.2, 0) is 30.4 Å². The van der Waals surface area contributed by atoms with Crippen molar-refractivity contribution in [2.45, 2.75) is 65.3 Å². The number of aliphatic hydroxyl groups is 1. The second-order valence-corrected chi connectivity index (χ2v) is 11.7. The third-order valence-electron chi connectivity index (χ3n) is 6.62. The Bertz CT molecular complexity index is 1110. The monoisotopic (exact) mass is 560 g/mol. The van der Waals surface area contributed by atoms with E-state index in [0.717, 1.165) is 21.7 Å². The Morgan fingerprint density at radius 1 is 1.18 bits per heavy atom. The first-order valence-electron chi connectivity index (χ1n) is 13.1. The van der Waals surface area contributed by atoms with Crippen molar-refractivity contribution in [3.05, 3.63) is 41.0 Å². The zero-order chi connectivity index (χ0) is 28.6. The van der Waals surface area contributed by atoms with Gasteiger partial charge in [0, 0.05) is 33.0 Å². The van der Waals surface area contributed by atoms with Crippen molar-refractivity contribution in [1.82, 2.24) is 20.5 Å². The van der Waals surface area contributed by atoms with Crippen LogP contribution in [0.25, 0.3) is 10.4 Å². The average Bonchev–Trinajstić information content (AvgIpc) is 3.50. The van der Waals surface area contributed by atoms with E-state index < -0.39 is 29.5 Å². The van der Waals surface area contributed by atoms with Crippen LogP contribution in [0.2, 0.25) is 0 Å². The molecule has 1 aromatic heterocycles. The molecule has 0 bridgehead atoms. The van der Waals surface area contributed by atoms with Gasteiger partial charge in [-0.1, -0.05) is 45.0 Å². The highest BCUT2D eigenvalue weighted by Crippen LogP contribution is 2.28. The largest absolute Gasteiger partial charge is 0.391 e. The lowest BCUT2D eigenvalue weighted by Gasteiger charge is -2.35. The number of nitrogens with zero attached hydrogens (tertiary/aromatic N) is 2. The van der Waals surface area contributed by atoms with Gasteiger partial charge < -0.3 is 30.1 Å². The van der Waals surface area contributed by atoms with Crippen molar-refractivity contribution < 1.29 is 29.0 Å². The van der Waals surface area contributed by atoms with Gasteiger partial charge in [-0.2, -0.15) is 0 Å². The minimum Gasteiger partial charge on any atom is -0.391 e. The molecule has 1 fully saturated rings. The van der Waals surface area contributed by atoms with Gasteiger partial charge in [0.1, 0.15) is 12.1 Å². The lowest BCUT2D eigenvalue weighted by Crippen LogP contribution is -2.57. The number of aliphatic hydroxyl groups excluding tert-OH is 1. The molecule has 0 unspecified atom stereocenters. The second-order valence-electron chi connectivity index (χ2n) is 10.8. The van der Waals surface area contributed by atoms with Crippen molar-refractivity contribution in [1.29, 1.82) is 0 Å². The van der Waals surface area contributed by atoms with Crippen LogP contribution in [0.5, 0.6) is 0 Å². The van der Waals surface area contributed by atoms with Gasteiger partial charge >= 0.3 is 0 Å².